The molecule has 16 heteroatoms. The summed E-state index contributed by atoms with van der Waals surface area (Å²) >= 11 is 1.29. The molecule has 0 amide bonds. The second-order valence-electron chi connectivity index (χ2n) is 7.03. The maximum Gasteiger partial charge on any atom is 0.392 e. The van der Waals surface area contributed by atoms with Gasteiger partial charge in [-0.05, 0) is 18.2 Å². The molecule has 0 unspecified atom stereocenters. The first kappa shape index (κ1) is 29.2. The molecule has 0 aliphatic heterocycles. The van der Waals surface area contributed by atoms with Crippen LogP contribution in [0.1, 0.15) is 0 Å². The lowest BCUT2D eigenvalue weighted by atomic mass is 10.3. The lowest BCUT2D eigenvalue weighted by Crippen LogP contribution is -2.22. The Kier molecular flexibility index (Phi) is 10.3. The monoisotopic (exact) mass is 563 g/mol. The van der Waals surface area contributed by atoms with Crippen LogP contribution in [-0.2, 0) is 11.3 Å². The van der Waals surface area contributed by atoms with Gasteiger partial charge in [-0.25, -0.2) is 9.97 Å². The van der Waals surface area contributed by atoms with Gasteiger partial charge >= 0.3 is 12.4 Å². The predicted molar refractivity (Wildman–Crippen MR) is 124 cm³/mol. The molecule has 2 heterocycles. The number of benzene rings is 1. The Morgan fingerprint density at radius 1 is 1.09 bits per heavy atom. The van der Waals surface area contributed by atoms with Gasteiger partial charge in [-0.15, -0.1) is 12.4 Å². The molecule has 35 heavy (non-hydrogen) atoms. The van der Waals surface area contributed by atoms with E-state index >= 15 is 0 Å². The average Bonchev–Trinajstić information content (AvgIpc) is 3.12. The van der Waals surface area contributed by atoms with Gasteiger partial charge in [0.1, 0.15) is 16.3 Å². The topological polar surface area (TPSA) is 88.1 Å². The molecule has 0 aliphatic rings. The molecule has 0 bridgehead atoms. The van der Waals surface area contributed by atoms with Crippen molar-refractivity contribution in [3.05, 3.63) is 30.6 Å². The molecular formula is C19H21ClF6N5O2PS. The Balaban J connectivity index is 0.00000432. The number of methoxy groups -OCH3 is 1. The fourth-order valence-electron chi connectivity index (χ4n) is 2.96. The second-order valence-corrected chi connectivity index (χ2v) is 10.3. The molecule has 194 valence electrons. The highest BCUT2D eigenvalue weighted by molar-refractivity contribution is 7.99. The molecule has 0 atom stereocenters. The number of nitrogen functional groups attached to an aromatic ring is 1. The molecule has 2 N–H and O–H groups in total. The van der Waals surface area contributed by atoms with E-state index in [9.17, 15) is 26.3 Å². The number of alkyl halides is 6. The van der Waals surface area contributed by atoms with Crippen molar-refractivity contribution >= 4 is 49.2 Å². The zero-order valence-corrected chi connectivity index (χ0v) is 20.7. The van der Waals surface area contributed by atoms with E-state index in [0.717, 1.165) is 4.90 Å². The van der Waals surface area contributed by atoms with Crippen LogP contribution in [0.15, 0.2) is 40.5 Å². The van der Waals surface area contributed by atoms with Crippen molar-refractivity contribution in [3.8, 4) is 5.75 Å². The summed E-state index contributed by atoms with van der Waals surface area (Å²) in [5.41, 5.74) is 6.64. The van der Waals surface area contributed by atoms with E-state index in [0.29, 0.717) is 21.9 Å². The van der Waals surface area contributed by atoms with Crippen molar-refractivity contribution in [2.45, 2.75) is 28.8 Å². The Morgan fingerprint density at radius 3 is 2.40 bits per heavy atom. The Hall–Kier alpha value is -2.02. The minimum Gasteiger partial charge on any atom is -0.497 e. The Morgan fingerprint density at radius 2 is 1.77 bits per heavy atom. The van der Waals surface area contributed by atoms with Crippen LogP contribution >= 0.6 is 32.1 Å². The first-order chi connectivity index (χ1) is 15.9. The SMILES string of the molecule is COc1cccc(Sc2nc(N)nc3c2ncn3CCOCP(CC(F)(F)F)CC(F)(F)F)c1.Cl. The van der Waals surface area contributed by atoms with Crippen molar-refractivity contribution in [3.63, 3.8) is 0 Å². The van der Waals surface area contributed by atoms with Crippen LogP contribution in [0.25, 0.3) is 11.2 Å². The molecule has 0 saturated heterocycles. The fourth-order valence-corrected chi connectivity index (χ4v) is 5.58. The molecule has 0 aliphatic carbocycles. The quantitative estimate of drug-likeness (QED) is 0.149. The van der Waals surface area contributed by atoms with Crippen LogP contribution < -0.4 is 10.5 Å². The van der Waals surface area contributed by atoms with E-state index in [1.165, 1.54) is 18.1 Å². The molecule has 1 aromatic carbocycles. The minimum absolute atomic E-state index is 0. The summed E-state index contributed by atoms with van der Waals surface area (Å²) in [6.45, 7) is -0.0142. The number of hydrogen-bond acceptors (Lipinski definition) is 7. The van der Waals surface area contributed by atoms with Crippen molar-refractivity contribution in [2.75, 3.05) is 38.1 Å². The van der Waals surface area contributed by atoms with E-state index in [1.807, 2.05) is 12.1 Å². The van der Waals surface area contributed by atoms with Crippen LogP contribution in [0.4, 0.5) is 32.3 Å². The van der Waals surface area contributed by atoms with E-state index in [1.54, 1.807) is 23.8 Å². The summed E-state index contributed by atoms with van der Waals surface area (Å²) in [6, 6.07) is 7.26. The molecular weight excluding hydrogens is 543 g/mol. The highest BCUT2D eigenvalue weighted by Crippen LogP contribution is 2.45. The van der Waals surface area contributed by atoms with Crippen molar-refractivity contribution in [2.24, 2.45) is 0 Å². The molecule has 2 aromatic heterocycles. The molecule has 0 saturated carbocycles. The molecule has 3 rings (SSSR count). The highest BCUT2D eigenvalue weighted by atomic mass is 35.5. The average molecular weight is 564 g/mol. The fraction of sp³-hybridized carbons (Fsp3) is 0.421. The summed E-state index contributed by atoms with van der Waals surface area (Å²) in [7, 11) is -0.894. The molecule has 0 fully saturated rings. The number of nitrogens with two attached hydrogens (primary N) is 1. The number of nitrogens with zero attached hydrogens (tertiary/aromatic N) is 4. The molecule has 3 aromatic rings. The second kappa shape index (κ2) is 12.3. The number of halogens is 7. The number of aromatic nitrogens is 4. The Labute approximate surface area is 208 Å². The van der Waals surface area contributed by atoms with Crippen LogP contribution in [0.3, 0.4) is 0 Å². The zero-order chi connectivity index (χ0) is 24.9. The van der Waals surface area contributed by atoms with Crippen LogP contribution in [0, 0.1) is 0 Å². The maximum atomic E-state index is 12.6. The van der Waals surface area contributed by atoms with Gasteiger partial charge in [0, 0.05) is 11.4 Å². The Bertz CT molecular complexity index is 1100. The lowest BCUT2D eigenvalue weighted by molar-refractivity contribution is -0.112. The standard InChI is InChI=1S/C19H20F6N5O2PS.ClH/c1-31-12-3-2-4-13(7-12)34-16-14-15(28-17(26)29-16)30(10-27-14)5-6-32-11-33(8-18(20,21)22)9-19(23,24)25;/h2-4,7,10H,5-6,8-9,11H2,1H3,(H2,26,28,29);1H. The summed E-state index contributed by atoms with van der Waals surface area (Å²) in [5, 5.41) is 0.481. The summed E-state index contributed by atoms with van der Waals surface area (Å²) in [6.07, 6.45) is -11.6. The van der Waals surface area contributed by atoms with E-state index < -0.39 is 38.9 Å². The smallest absolute Gasteiger partial charge is 0.392 e. The lowest BCUT2D eigenvalue weighted by Gasteiger charge is -2.20. The summed E-state index contributed by atoms with van der Waals surface area (Å²) in [5.74, 6) is 0.640. The van der Waals surface area contributed by atoms with Crippen LogP contribution in [0.2, 0.25) is 0 Å². The molecule has 7 nitrogen and oxygen atoms in total. The largest absolute Gasteiger partial charge is 0.497 e. The van der Waals surface area contributed by atoms with E-state index in [4.69, 9.17) is 15.2 Å². The van der Waals surface area contributed by atoms with Gasteiger partial charge in [-0.3, -0.25) is 0 Å². The van der Waals surface area contributed by atoms with E-state index in [-0.39, 0.29) is 31.5 Å². The normalized spacial score (nSPS) is 12.2. The third kappa shape index (κ3) is 9.17. The van der Waals surface area contributed by atoms with Gasteiger partial charge in [0.2, 0.25) is 5.95 Å². The number of imidazole rings is 1. The van der Waals surface area contributed by atoms with Gasteiger partial charge < -0.3 is 19.8 Å². The number of rotatable bonds is 10. The van der Waals surface area contributed by atoms with Crippen molar-refractivity contribution in [1.29, 1.82) is 0 Å². The molecule has 0 spiro atoms. The highest BCUT2D eigenvalue weighted by Gasteiger charge is 2.38. The van der Waals surface area contributed by atoms with Gasteiger partial charge in [0.15, 0.2) is 5.65 Å². The zero-order valence-electron chi connectivity index (χ0n) is 18.1. The first-order valence-corrected chi connectivity index (χ1v) is 12.4. The van der Waals surface area contributed by atoms with Gasteiger partial charge in [0.05, 0.1) is 38.7 Å². The number of anilines is 1. The van der Waals surface area contributed by atoms with Crippen LogP contribution in [0.5, 0.6) is 5.75 Å². The van der Waals surface area contributed by atoms with Crippen molar-refractivity contribution in [1.82, 2.24) is 19.5 Å². The summed E-state index contributed by atoms with van der Waals surface area (Å²) in [4.78, 5) is 13.5. The van der Waals surface area contributed by atoms with Gasteiger partial charge in [-0.1, -0.05) is 25.7 Å². The van der Waals surface area contributed by atoms with Gasteiger partial charge in [-0.2, -0.15) is 31.3 Å². The first-order valence-electron chi connectivity index (χ1n) is 9.67. The summed E-state index contributed by atoms with van der Waals surface area (Å²) < 4.78 is 87.6. The van der Waals surface area contributed by atoms with Gasteiger partial charge in [0.25, 0.3) is 0 Å². The third-order valence-electron chi connectivity index (χ3n) is 4.26. The third-order valence-corrected chi connectivity index (χ3v) is 7.39. The molecule has 0 radical (unpaired) electrons. The number of hydrogen-bond donors (Lipinski definition) is 1. The van der Waals surface area contributed by atoms with E-state index in [2.05, 4.69) is 15.0 Å². The predicted octanol–water partition coefficient (Wildman–Crippen LogP) is 5.57. The number of fused-ring (bicyclic) bond motifs is 1. The maximum absolute atomic E-state index is 12.6. The van der Waals surface area contributed by atoms with Crippen molar-refractivity contribution < 1.29 is 35.8 Å². The minimum atomic E-state index is -4.69. The number of ether oxygens (including phenoxy) is 2. The van der Waals surface area contributed by atoms with Crippen LogP contribution in [-0.4, -0.2) is 64.3 Å².